The molecule has 248 valence electrons. The lowest BCUT2D eigenvalue weighted by atomic mass is 9.87. The topological polar surface area (TPSA) is 170 Å². The van der Waals surface area contributed by atoms with E-state index in [1.54, 1.807) is 0 Å². The molecule has 0 saturated carbocycles. The molecule has 2 aromatic carbocycles. The fourth-order valence-electron chi connectivity index (χ4n) is 5.92. The summed E-state index contributed by atoms with van der Waals surface area (Å²) in [6, 6.07) is 14.0. The summed E-state index contributed by atoms with van der Waals surface area (Å²) in [6.07, 6.45) is 2.06. The van der Waals surface area contributed by atoms with Crippen LogP contribution < -0.4 is 10.4 Å². The number of hydrogen-bond donors (Lipinski definition) is 4. The highest BCUT2D eigenvalue weighted by molar-refractivity contribution is 7.92. The zero-order chi connectivity index (χ0) is 33.0. The fourth-order valence-corrected chi connectivity index (χ4v) is 7.96. The van der Waals surface area contributed by atoms with Crippen LogP contribution in [0.1, 0.15) is 69.9 Å². The second kappa shape index (κ2) is 17.5. The average molecular weight is 646 g/mol. The van der Waals surface area contributed by atoms with Crippen molar-refractivity contribution >= 4 is 34.1 Å². The van der Waals surface area contributed by atoms with Crippen LogP contribution in [0.15, 0.2) is 53.4 Å². The molecule has 0 spiro atoms. The predicted octanol–water partition coefficient (Wildman–Crippen LogP) is 3.64. The lowest BCUT2D eigenvalue weighted by Crippen LogP contribution is -2.28. The van der Waals surface area contributed by atoms with Crippen molar-refractivity contribution in [3.05, 3.63) is 59.7 Å². The van der Waals surface area contributed by atoms with E-state index in [0.717, 1.165) is 5.56 Å². The van der Waals surface area contributed by atoms with Crippen LogP contribution in [0.25, 0.3) is 0 Å². The van der Waals surface area contributed by atoms with Crippen LogP contribution in [0.4, 0.5) is 5.69 Å². The maximum absolute atomic E-state index is 13.8. The Morgan fingerprint density at radius 1 is 1.13 bits per heavy atom. The van der Waals surface area contributed by atoms with E-state index in [1.807, 2.05) is 44.2 Å². The lowest BCUT2D eigenvalue weighted by Gasteiger charge is -2.25. The van der Waals surface area contributed by atoms with E-state index in [-0.39, 0.29) is 59.0 Å². The summed E-state index contributed by atoms with van der Waals surface area (Å²) in [6.45, 7) is 7.99. The van der Waals surface area contributed by atoms with E-state index >= 15 is 0 Å². The van der Waals surface area contributed by atoms with Gasteiger partial charge in [-0.3, -0.25) is 4.79 Å². The van der Waals surface area contributed by atoms with E-state index in [0.29, 0.717) is 58.2 Å². The quantitative estimate of drug-likeness (QED) is 0.0621. The largest absolute Gasteiger partial charge is 0.493 e. The van der Waals surface area contributed by atoms with Crippen LogP contribution in [0, 0.1) is 17.8 Å². The highest BCUT2D eigenvalue weighted by atomic mass is 32.2. The van der Waals surface area contributed by atoms with Crippen molar-refractivity contribution in [2.45, 2.75) is 87.6 Å². The molecule has 1 fully saturated rings. The van der Waals surface area contributed by atoms with Gasteiger partial charge in [-0.15, -0.1) is 0 Å². The third kappa shape index (κ3) is 10.7. The minimum Gasteiger partial charge on any atom is -0.460 e. The first-order valence-corrected chi connectivity index (χ1v) is 17.3. The molecule has 5 N–H and O–H groups in total. The van der Waals surface area contributed by atoms with Gasteiger partial charge in [-0.25, -0.2) is 8.42 Å². The van der Waals surface area contributed by atoms with Gasteiger partial charge in [-0.05, 0) is 80.5 Å². The van der Waals surface area contributed by atoms with Gasteiger partial charge in [-0.1, -0.05) is 48.8 Å². The Kier molecular flexibility index (Phi) is 14.1. The molecule has 11 heteroatoms. The molecule has 1 saturated heterocycles. The molecule has 1 aliphatic heterocycles. The molecule has 3 rings (SSSR count). The molecule has 2 aromatic rings. The Morgan fingerprint density at radius 2 is 1.87 bits per heavy atom. The summed E-state index contributed by atoms with van der Waals surface area (Å²) in [5, 5.41) is 30.0. The van der Waals surface area contributed by atoms with Gasteiger partial charge in [0, 0.05) is 18.9 Å². The highest BCUT2D eigenvalue weighted by Gasteiger charge is 2.33. The van der Waals surface area contributed by atoms with Crippen LogP contribution in [0.3, 0.4) is 0 Å². The number of anilines is 1. The minimum absolute atomic E-state index is 0.00273. The molecule has 10 nitrogen and oxygen atoms in total. The van der Waals surface area contributed by atoms with E-state index < -0.39 is 27.1 Å². The molecule has 0 bridgehead atoms. The van der Waals surface area contributed by atoms with E-state index in [2.05, 4.69) is 11.4 Å². The van der Waals surface area contributed by atoms with Gasteiger partial charge < -0.3 is 30.5 Å². The molecule has 0 amide bonds. The summed E-state index contributed by atoms with van der Waals surface area (Å²) in [5.74, 6) is -0.959. The summed E-state index contributed by atoms with van der Waals surface area (Å²) < 4.78 is 42.1. The number of hydrogen-bond acceptors (Lipinski definition) is 8. The number of nitrogens with zero attached hydrogens (tertiary/aromatic N) is 1. The second-order valence-corrected chi connectivity index (χ2v) is 14.6. The van der Waals surface area contributed by atoms with Crippen molar-refractivity contribution in [2.75, 3.05) is 25.6 Å². The van der Waals surface area contributed by atoms with Gasteiger partial charge in [-0.2, -0.15) is 0 Å². The number of carbonyl (C=O) groups is 1. The third-order valence-electron chi connectivity index (χ3n) is 8.47. The molecule has 45 heavy (non-hydrogen) atoms. The molecular formula is C34H49N2O8S+. The first-order valence-electron chi connectivity index (χ1n) is 15.7. The van der Waals surface area contributed by atoms with Gasteiger partial charge in [0.15, 0.2) is 9.84 Å². The highest BCUT2D eigenvalue weighted by Crippen LogP contribution is 2.30. The molecule has 5 atom stereocenters. The second-order valence-electron chi connectivity index (χ2n) is 12.4. The van der Waals surface area contributed by atoms with E-state index in [1.165, 1.54) is 18.2 Å². The number of nitrogens with two attached hydrogens (primary N) is 1. The zero-order valence-corrected chi connectivity index (χ0v) is 27.2. The van der Waals surface area contributed by atoms with Gasteiger partial charge in [0.25, 0.3) is 6.72 Å². The minimum atomic E-state index is -3.80. The van der Waals surface area contributed by atoms with Crippen molar-refractivity contribution in [1.29, 1.82) is 0 Å². The van der Waals surface area contributed by atoms with Crippen molar-refractivity contribution < 1.29 is 38.0 Å². The maximum Gasteiger partial charge on any atom is 0.493 e. The third-order valence-corrected chi connectivity index (χ3v) is 10.7. The number of nitrogen functional groups attached to an aromatic ring is 1. The Morgan fingerprint density at radius 3 is 2.53 bits per heavy atom. The lowest BCUT2D eigenvalue weighted by molar-refractivity contribution is -0.151. The molecule has 1 heterocycles. The predicted molar refractivity (Wildman–Crippen MR) is 176 cm³/mol. The number of aliphatic hydroxyl groups is 3. The standard InChI is InChI=1S/C34H48N2O8S/c1-23(2)18-27(45(41,42)28-13-14-30(35)29(20-28)34(40)36-3)10-7-11-31(38)25(19-24-8-5-4-6-9-24)12-15-33(39)44-32-22-43-21-26(32)16-17-37/h4-6,8-9,13-14,20,23,25-27,31-32,37-38H,3,7,10-12,15-19,21-22H2,1-2H3,(H2,35,40)/p+1/t25-,26?,27?,31+,32?/m0/s1. The van der Waals surface area contributed by atoms with Crippen molar-refractivity contribution in [2.24, 2.45) is 17.8 Å². The number of carbonyl (C=O) groups excluding carboxylic acids is 1. The Labute approximate surface area is 266 Å². The summed E-state index contributed by atoms with van der Waals surface area (Å²) in [7, 11) is -3.80. The molecule has 3 unspecified atom stereocenters. The molecule has 1 aliphatic rings. The van der Waals surface area contributed by atoms with Crippen LogP contribution in [0.5, 0.6) is 0 Å². The van der Waals surface area contributed by atoms with Crippen molar-refractivity contribution in [1.82, 2.24) is 4.67 Å². The number of rotatable bonds is 18. The molecule has 0 radical (unpaired) electrons. The summed E-state index contributed by atoms with van der Waals surface area (Å²) in [5.41, 5.74) is 7.27. The number of benzene rings is 2. The van der Waals surface area contributed by atoms with Crippen LogP contribution in [-0.2, 0) is 30.5 Å². The van der Waals surface area contributed by atoms with Crippen LogP contribution >= 0.6 is 0 Å². The van der Waals surface area contributed by atoms with E-state index in [9.17, 15) is 28.5 Å². The zero-order valence-electron chi connectivity index (χ0n) is 26.4. The fraction of sp³-hybridized carbons (Fsp3) is 0.559. The Bertz CT molecular complexity index is 1390. The Balaban J connectivity index is 1.68. The normalized spacial score (nSPS) is 18.7. The molecule has 0 aliphatic carbocycles. The van der Waals surface area contributed by atoms with Gasteiger partial charge >= 0.3 is 11.9 Å². The smallest absolute Gasteiger partial charge is 0.460 e. The van der Waals surface area contributed by atoms with Gasteiger partial charge in [0.1, 0.15) is 11.7 Å². The number of sulfone groups is 1. The first-order chi connectivity index (χ1) is 21.5. The first kappa shape index (κ1) is 36.3. The maximum atomic E-state index is 13.8. The van der Waals surface area contributed by atoms with E-state index in [4.69, 9.17) is 15.2 Å². The average Bonchev–Trinajstić information content (AvgIpc) is 3.44. The van der Waals surface area contributed by atoms with Gasteiger partial charge in [0.05, 0.1) is 35.2 Å². The molecule has 0 aromatic heterocycles. The Hall–Kier alpha value is -3.21. The van der Waals surface area contributed by atoms with Crippen molar-refractivity contribution in [3.8, 4) is 0 Å². The number of esters is 1. The number of ether oxygens (including phenoxy) is 2. The monoisotopic (exact) mass is 645 g/mol. The summed E-state index contributed by atoms with van der Waals surface area (Å²) >= 11 is 0. The SMILES string of the molecule is C=[N+]=C(O)c1cc(S(=O)(=O)C(CCC[C@@H](O)[C@@H](CCC(=O)OC2COCC2CCO)Cc2ccccc2)CC(C)C)ccc1N. The van der Waals surface area contributed by atoms with Crippen molar-refractivity contribution in [3.63, 3.8) is 0 Å². The van der Waals surface area contributed by atoms with Crippen LogP contribution in [-0.4, -0.2) is 79.6 Å². The molecular weight excluding hydrogens is 596 g/mol. The number of aliphatic hydroxyl groups excluding tert-OH is 3. The van der Waals surface area contributed by atoms with Crippen LogP contribution in [0.2, 0.25) is 0 Å². The summed E-state index contributed by atoms with van der Waals surface area (Å²) in [4.78, 5) is 12.8. The van der Waals surface area contributed by atoms with Gasteiger partial charge in [0.2, 0.25) is 0 Å².